The van der Waals surface area contributed by atoms with E-state index in [1.54, 1.807) is 0 Å². The van der Waals surface area contributed by atoms with Gasteiger partial charge < -0.3 is 5.73 Å². The van der Waals surface area contributed by atoms with Crippen LogP contribution < -0.4 is 5.73 Å². The standard InChI is InChI=1S/C7H6ClFN/c8-6-3-5(4-10)1-2-7(6)9/h2-3H,4,10H2. The van der Waals surface area contributed by atoms with Crippen LogP contribution in [0.3, 0.4) is 0 Å². The van der Waals surface area contributed by atoms with Gasteiger partial charge in [0, 0.05) is 6.54 Å². The molecule has 0 saturated carbocycles. The highest BCUT2D eigenvalue weighted by molar-refractivity contribution is 6.30. The second-order valence-corrected chi connectivity index (χ2v) is 2.27. The molecule has 0 bridgehead atoms. The largest absolute Gasteiger partial charge is 0.326 e. The highest BCUT2D eigenvalue weighted by Gasteiger charge is 1.98. The summed E-state index contributed by atoms with van der Waals surface area (Å²) >= 11 is 5.44. The second kappa shape index (κ2) is 2.99. The summed E-state index contributed by atoms with van der Waals surface area (Å²) in [4.78, 5) is 0. The van der Waals surface area contributed by atoms with Crippen LogP contribution >= 0.6 is 11.6 Å². The highest BCUT2D eigenvalue weighted by atomic mass is 35.5. The molecule has 0 aromatic heterocycles. The molecule has 0 amide bonds. The lowest BCUT2D eigenvalue weighted by Gasteiger charge is -1.96. The molecule has 0 atom stereocenters. The van der Waals surface area contributed by atoms with Crippen molar-refractivity contribution in [1.29, 1.82) is 0 Å². The van der Waals surface area contributed by atoms with Crippen molar-refractivity contribution in [2.75, 3.05) is 0 Å². The van der Waals surface area contributed by atoms with Crippen LogP contribution in [0.4, 0.5) is 4.39 Å². The van der Waals surface area contributed by atoms with Crippen LogP contribution in [0.5, 0.6) is 0 Å². The molecule has 10 heavy (non-hydrogen) atoms. The van der Waals surface area contributed by atoms with Crippen LogP contribution in [-0.4, -0.2) is 0 Å². The van der Waals surface area contributed by atoms with Gasteiger partial charge >= 0.3 is 0 Å². The Balaban J connectivity index is 3.04. The van der Waals surface area contributed by atoms with Crippen molar-refractivity contribution in [2.24, 2.45) is 5.73 Å². The molecule has 0 unspecified atom stereocenters. The normalized spacial score (nSPS) is 9.90. The van der Waals surface area contributed by atoms with Gasteiger partial charge in [0.2, 0.25) is 0 Å². The van der Waals surface area contributed by atoms with Gasteiger partial charge in [0.1, 0.15) is 5.82 Å². The maximum Gasteiger partial charge on any atom is 0.142 e. The van der Waals surface area contributed by atoms with Crippen molar-refractivity contribution in [3.8, 4) is 0 Å². The Labute approximate surface area is 63.6 Å². The fourth-order valence-electron chi connectivity index (χ4n) is 0.606. The van der Waals surface area contributed by atoms with Gasteiger partial charge in [-0.2, -0.15) is 0 Å². The number of halogens is 2. The van der Waals surface area contributed by atoms with E-state index < -0.39 is 5.82 Å². The average molecular weight is 159 g/mol. The van der Waals surface area contributed by atoms with E-state index in [1.807, 2.05) is 0 Å². The van der Waals surface area contributed by atoms with Gasteiger partial charge in [-0.15, -0.1) is 0 Å². The summed E-state index contributed by atoms with van der Waals surface area (Å²) < 4.78 is 12.4. The Morgan fingerprint density at radius 1 is 1.70 bits per heavy atom. The van der Waals surface area contributed by atoms with E-state index >= 15 is 0 Å². The fraction of sp³-hybridized carbons (Fsp3) is 0.143. The number of nitrogens with two attached hydrogens (primary N) is 1. The molecular weight excluding hydrogens is 153 g/mol. The molecule has 1 radical (unpaired) electrons. The third-order valence-electron chi connectivity index (χ3n) is 1.13. The zero-order chi connectivity index (χ0) is 7.56. The Morgan fingerprint density at radius 3 is 2.90 bits per heavy atom. The van der Waals surface area contributed by atoms with Crippen molar-refractivity contribution in [3.63, 3.8) is 0 Å². The summed E-state index contributed by atoms with van der Waals surface area (Å²) in [6.45, 7) is 0.333. The maximum atomic E-state index is 12.4. The van der Waals surface area contributed by atoms with Crippen LogP contribution in [0.2, 0.25) is 5.02 Å². The smallest absolute Gasteiger partial charge is 0.142 e. The summed E-state index contributed by atoms with van der Waals surface area (Å²) in [5.41, 5.74) is 5.97. The van der Waals surface area contributed by atoms with Crippen LogP contribution in [0.15, 0.2) is 12.1 Å². The van der Waals surface area contributed by atoms with Gasteiger partial charge in [-0.1, -0.05) is 11.6 Å². The lowest BCUT2D eigenvalue weighted by molar-refractivity contribution is 0.627. The Hall–Kier alpha value is -0.600. The molecule has 0 heterocycles. The van der Waals surface area contributed by atoms with Crippen molar-refractivity contribution in [1.82, 2.24) is 0 Å². The first kappa shape index (κ1) is 7.51. The average Bonchev–Trinajstić information content (AvgIpc) is 1.95. The molecule has 2 N–H and O–H groups in total. The van der Waals surface area contributed by atoms with Gasteiger partial charge in [0.25, 0.3) is 0 Å². The molecule has 0 spiro atoms. The zero-order valence-corrected chi connectivity index (χ0v) is 5.95. The predicted molar refractivity (Wildman–Crippen MR) is 38.1 cm³/mol. The highest BCUT2D eigenvalue weighted by Crippen LogP contribution is 2.14. The molecule has 0 saturated heterocycles. The SMILES string of the molecule is NCc1[c]cc(F)c(Cl)c1. The molecule has 0 aliphatic heterocycles. The number of rotatable bonds is 1. The molecule has 1 nitrogen and oxygen atoms in total. The minimum absolute atomic E-state index is 0.0965. The van der Waals surface area contributed by atoms with E-state index in [1.165, 1.54) is 12.1 Å². The van der Waals surface area contributed by atoms with E-state index in [0.29, 0.717) is 12.1 Å². The van der Waals surface area contributed by atoms with Crippen molar-refractivity contribution >= 4 is 11.6 Å². The Kier molecular flexibility index (Phi) is 2.25. The van der Waals surface area contributed by atoms with Gasteiger partial charge in [0.15, 0.2) is 0 Å². The minimum atomic E-state index is -0.459. The predicted octanol–water partition coefficient (Wildman–Crippen LogP) is 1.74. The van der Waals surface area contributed by atoms with Gasteiger partial charge in [-0.25, -0.2) is 4.39 Å². The lowest BCUT2D eigenvalue weighted by atomic mass is 10.2. The fourth-order valence-corrected chi connectivity index (χ4v) is 0.793. The molecule has 1 rings (SSSR count). The summed E-state index contributed by atoms with van der Waals surface area (Å²) in [5.74, 6) is -0.459. The van der Waals surface area contributed by atoms with Gasteiger partial charge in [-0.3, -0.25) is 0 Å². The summed E-state index contributed by atoms with van der Waals surface area (Å²) in [6, 6.07) is 5.30. The lowest BCUT2D eigenvalue weighted by Crippen LogP contribution is -1.96. The molecule has 1 aromatic rings. The van der Waals surface area contributed by atoms with Crippen molar-refractivity contribution in [3.05, 3.63) is 34.6 Å². The van der Waals surface area contributed by atoms with Crippen molar-refractivity contribution < 1.29 is 4.39 Å². The molecule has 0 aliphatic rings. The van der Waals surface area contributed by atoms with Gasteiger partial charge in [0.05, 0.1) is 5.02 Å². The van der Waals surface area contributed by atoms with Crippen LogP contribution in [0, 0.1) is 11.9 Å². The van der Waals surface area contributed by atoms with E-state index in [4.69, 9.17) is 17.3 Å². The first-order valence-electron chi connectivity index (χ1n) is 2.79. The van der Waals surface area contributed by atoms with Crippen molar-refractivity contribution in [2.45, 2.75) is 6.54 Å². The maximum absolute atomic E-state index is 12.4. The van der Waals surface area contributed by atoms with Gasteiger partial charge in [-0.05, 0) is 23.8 Å². The summed E-state index contributed by atoms with van der Waals surface area (Å²) in [5, 5.41) is 0.0965. The molecule has 0 fully saturated rings. The first-order chi connectivity index (χ1) is 4.74. The molecule has 3 heteroatoms. The van der Waals surface area contributed by atoms with E-state index in [9.17, 15) is 4.39 Å². The topological polar surface area (TPSA) is 26.0 Å². The minimum Gasteiger partial charge on any atom is -0.326 e. The summed E-state index contributed by atoms with van der Waals surface area (Å²) in [6.07, 6.45) is 0. The molecule has 53 valence electrons. The molecule has 0 aliphatic carbocycles. The van der Waals surface area contributed by atoms with E-state index in [-0.39, 0.29) is 5.02 Å². The van der Waals surface area contributed by atoms with Crippen LogP contribution in [-0.2, 0) is 6.54 Å². The number of hydrogen-bond acceptors (Lipinski definition) is 1. The Morgan fingerprint density at radius 2 is 2.40 bits per heavy atom. The second-order valence-electron chi connectivity index (χ2n) is 1.86. The van der Waals surface area contributed by atoms with Crippen LogP contribution in [0.1, 0.15) is 5.56 Å². The Bertz CT molecular complexity index is 237. The quantitative estimate of drug-likeness (QED) is 0.662. The molecule has 1 aromatic carbocycles. The van der Waals surface area contributed by atoms with E-state index in [0.717, 1.165) is 0 Å². The number of hydrogen-bond donors (Lipinski definition) is 1. The number of benzene rings is 1. The summed E-state index contributed by atoms with van der Waals surface area (Å²) in [7, 11) is 0. The monoisotopic (exact) mass is 158 g/mol. The third-order valence-corrected chi connectivity index (χ3v) is 1.42. The third kappa shape index (κ3) is 1.46. The molecular formula is C7H6ClFN. The van der Waals surface area contributed by atoms with E-state index in [2.05, 4.69) is 6.07 Å². The van der Waals surface area contributed by atoms with Crippen LogP contribution in [0.25, 0.3) is 0 Å². The first-order valence-corrected chi connectivity index (χ1v) is 3.17. The zero-order valence-electron chi connectivity index (χ0n) is 5.20.